The summed E-state index contributed by atoms with van der Waals surface area (Å²) in [5.74, 6) is 0.00988. The zero-order chi connectivity index (χ0) is 38.2. The Labute approximate surface area is 323 Å². The highest BCUT2D eigenvalue weighted by Crippen LogP contribution is 2.17. The van der Waals surface area contributed by atoms with Gasteiger partial charge in [0.2, 0.25) is 0 Å². The van der Waals surface area contributed by atoms with Gasteiger partial charge in [-0.3, -0.25) is 14.4 Å². The molecule has 6 heteroatoms. The van der Waals surface area contributed by atoms with Crippen molar-refractivity contribution in [1.82, 2.24) is 0 Å². The van der Waals surface area contributed by atoms with Gasteiger partial charge in [-0.1, -0.05) is 214 Å². The van der Waals surface area contributed by atoms with Gasteiger partial charge < -0.3 is 14.2 Å². The summed E-state index contributed by atoms with van der Waals surface area (Å²) in [4.78, 5) is 37.6. The van der Waals surface area contributed by atoms with Crippen molar-refractivity contribution in [3.8, 4) is 0 Å². The van der Waals surface area contributed by atoms with Crippen LogP contribution in [-0.4, -0.2) is 37.2 Å². The predicted molar refractivity (Wildman–Crippen MR) is 220 cm³/mol. The molecule has 0 spiro atoms. The molecule has 6 nitrogen and oxygen atoms in total. The van der Waals surface area contributed by atoms with Gasteiger partial charge in [0.1, 0.15) is 13.2 Å². The van der Waals surface area contributed by atoms with E-state index in [0.717, 1.165) is 63.7 Å². The molecule has 0 aliphatic heterocycles. The van der Waals surface area contributed by atoms with Crippen LogP contribution in [-0.2, 0) is 28.6 Å². The van der Waals surface area contributed by atoms with Gasteiger partial charge in [0.25, 0.3) is 0 Å². The first-order valence-corrected chi connectivity index (χ1v) is 22.9. The van der Waals surface area contributed by atoms with E-state index in [4.69, 9.17) is 14.2 Å². The lowest BCUT2D eigenvalue weighted by molar-refractivity contribution is -0.167. The standard InChI is InChI=1S/C46H88O6/c1-5-8-10-12-14-15-16-17-18-23-27-31-35-39-46(49)52-43(40-50-44(47)37-33-29-24-13-11-9-6-2)41-51-45(48)38-34-30-26-22-20-19-21-25-28-32-36-42(4)7-3/h42-43H,5-41H2,1-4H3/t42?,43-/m1/s1. The van der Waals surface area contributed by atoms with Crippen LogP contribution in [0.15, 0.2) is 0 Å². The Morgan fingerprint density at radius 1 is 0.385 bits per heavy atom. The molecule has 308 valence electrons. The quantitative estimate of drug-likeness (QED) is 0.0353. The summed E-state index contributed by atoms with van der Waals surface area (Å²) in [5, 5.41) is 0. The molecule has 0 aliphatic rings. The second-order valence-corrected chi connectivity index (χ2v) is 15.9. The Bertz CT molecular complexity index is 783. The minimum Gasteiger partial charge on any atom is -0.462 e. The van der Waals surface area contributed by atoms with E-state index in [-0.39, 0.29) is 31.1 Å². The monoisotopic (exact) mass is 737 g/mol. The Balaban J connectivity index is 4.27. The van der Waals surface area contributed by atoms with Crippen LogP contribution in [0.3, 0.4) is 0 Å². The van der Waals surface area contributed by atoms with Crippen LogP contribution < -0.4 is 0 Å². The van der Waals surface area contributed by atoms with E-state index in [0.29, 0.717) is 19.3 Å². The van der Waals surface area contributed by atoms with Crippen LogP contribution >= 0.6 is 0 Å². The second-order valence-electron chi connectivity index (χ2n) is 15.9. The molecule has 0 heterocycles. The largest absolute Gasteiger partial charge is 0.462 e. The molecule has 0 saturated carbocycles. The summed E-state index contributed by atoms with van der Waals surface area (Å²) in [5.41, 5.74) is 0. The van der Waals surface area contributed by atoms with Crippen molar-refractivity contribution in [1.29, 1.82) is 0 Å². The van der Waals surface area contributed by atoms with Gasteiger partial charge in [0.15, 0.2) is 6.10 Å². The Kier molecular flexibility index (Phi) is 39.4. The molecule has 0 aromatic carbocycles. The van der Waals surface area contributed by atoms with Crippen LogP contribution in [0.4, 0.5) is 0 Å². The van der Waals surface area contributed by atoms with E-state index in [9.17, 15) is 14.4 Å². The average Bonchev–Trinajstić information content (AvgIpc) is 3.14. The van der Waals surface area contributed by atoms with Crippen molar-refractivity contribution in [3.63, 3.8) is 0 Å². The molecule has 0 amide bonds. The van der Waals surface area contributed by atoms with Crippen molar-refractivity contribution < 1.29 is 28.6 Å². The summed E-state index contributed by atoms with van der Waals surface area (Å²) < 4.78 is 16.7. The Hall–Kier alpha value is -1.59. The number of hydrogen-bond acceptors (Lipinski definition) is 6. The van der Waals surface area contributed by atoms with Crippen molar-refractivity contribution in [2.24, 2.45) is 5.92 Å². The van der Waals surface area contributed by atoms with Crippen LogP contribution in [0.2, 0.25) is 0 Å². The molecule has 0 radical (unpaired) electrons. The van der Waals surface area contributed by atoms with E-state index >= 15 is 0 Å². The first-order valence-electron chi connectivity index (χ1n) is 22.9. The number of unbranched alkanes of at least 4 members (excludes halogenated alkanes) is 27. The van der Waals surface area contributed by atoms with Gasteiger partial charge in [-0.2, -0.15) is 0 Å². The molecule has 0 rings (SSSR count). The first-order chi connectivity index (χ1) is 25.4. The number of ether oxygens (including phenoxy) is 3. The molecular formula is C46H88O6. The molecule has 0 N–H and O–H groups in total. The van der Waals surface area contributed by atoms with Crippen LogP contribution in [0.5, 0.6) is 0 Å². The lowest BCUT2D eigenvalue weighted by atomic mass is 9.99. The minimum atomic E-state index is -0.758. The molecule has 0 fully saturated rings. The Morgan fingerprint density at radius 3 is 1.00 bits per heavy atom. The van der Waals surface area contributed by atoms with Crippen LogP contribution in [0.25, 0.3) is 0 Å². The maximum atomic E-state index is 12.7. The zero-order valence-electron chi connectivity index (χ0n) is 35.3. The van der Waals surface area contributed by atoms with Crippen molar-refractivity contribution in [3.05, 3.63) is 0 Å². The molecule has 1 unspecified atom stereocenters. The number of hydrogen-bond donors (Lipinski definition) is 0. The highest BCUT2D eigenvalue weighted by Gasteiger charge is 2.19. The van der Waals surface area contributed by atoms with Gasteiger partial charge in [0.05, 0.1) is 0 Å². The number of esters is 3. The predicted octanol–water partition coefficient (Wildman–Crippen LogP) is 14.3. The van der Waals surface area contributed by atoms with Crippen molar-refractivity contribution in [2.75, 3.05) is 13.2 Å². The highest BCUT2D eigenvalue weighted by molar-refractivity contribution is 5.71. The van der Waals surface area contributed by atoms with E-state index in [2.05, 4.69) is 27.7 Å². The highest BCUT2D eigenvalue weighted by atomic mass is 16.6. The maximum Gasteiger partial charge on any atom is 0.306 e. The number of rotatable bonds is 41. The van der Waals surface area contributed by atoms with Gasteiger partial charge >= 0.3 is 17.9 Å². The lowest BCUT2D eigenvalue weighted by Crippen LogP contribution is -2.30. The topological polar surface area (TPSA) is 78.9 Å². The summed E-state index contributed by atoms with van der Waals surface area (Å²) in [7, 11) is 0. The Morgan fingerprint density at radius 2 is 0.673 bits per heavy atom. The van der Waals surface area contributed by atoms with E-state index in [1.54, 1.807) is 0 Å². The van der Waals surface area contributed by atoms with Crippen LogP contribution in [0.1, 0.15) is 252 Å². The van der Waals surface area contributed by atoms with E-state index in [1.165, 1.54) is 148 Å². The molecule has 0 saturated heterocycles. The van der Waals surface area contributed by atoms with E-state index in [1.807, 2.05) is 0 Å². The smallest absolute Gasteiger partial charge is 0.306 e. The fourth-order valence-electron chi connectivity index (χ4n) is 6.77. The summed E-state index contributed by atoms with van der Waals surface area (Å²) >= 11 is 0. The van der Waals surface area contributed by atoms with Gasteiger partial charge in [0, 0.05) is 19.3 Å². The zero-order valence-corrected chi connectivity index (χ0v) is 35.3. The second kappa shape index (κ2) is 40.6. The minimum absolute atomic E-state index is 0.0642. The molecule has 0 aromatic heterocycles. The van der Waals surface area contributed by atoms with Crippen LogP contribution in [0, 0.1) is 5.92 Å². The third-order valence-corrected chi connectivity index (χ3v) is 10.7. The van der Waals surface area contributed by atoms with Gasteiger partial charge in [-0.15, -0.1) is 0 Å². The number of carbonyl (C=O) groups excluding carboxylic acids is 3. The van der Waals surface area contributed by atoms with E-state index < -0.39 is 6.10 Å². The normalized spacial score (nSPS) is 12.5. The summed E-state index contributed by atoms with van der Waals surface area (Å²) in [6.45, 7) is 8.98. The summed E-state index contributed by atoms with van der Waals surface area (Å²) in [6, 6.07) is 0. The average molecular weight is 737 g/mol. The van der Waals surface area contributed by atoms with Gasteiger partial charge in [-0.25, -0.2) is 0 Å². The molecule has 0 aliphatic carbocycles. The van der Waals surface area contributed by atoms with Crippen molar-refractivity contribution in [2.45, 2.75) is 259 Å². The molecule has 0 bridgehead atoms. The molecule has 52 heavy (non-hydrogen) atoms. The molecule has 2 atom stereocenters. The number of carbonyl (C=O) groups is 3. The van der Waals surface area contributed by atoms with Gasteiger partial charge in [-0.05, 0) is 25.2 Å². The van der Waals surface area contributed by atoms with Crippen molar-refractivity contribution >= 4 is 17.9 Å². The SMILES string of the molecule is CCCCCCCCCCCCCCCC(=O)O[C@H](COC(=O)CCCCCCCCC)COC(=O)CCCCCCCCCCCCC(C)CC. The summed E-state index contributed by atoms with van der Waals surface area (Å²) in [6.07, 6.45) is 39.4. The molecular weight excluding hydrogens is 648 g/mol. The third kappa shape index (κ3) is 38.1. The maximum absolute atomic E-state index is 12.7. The lowest BCUT2D eigenvalue weighted by Gasteiger charge is -2.18. The fourth-order valence-corrected chi connectivity index (χ4v) is 6.77. The fraction of sp³-hybridized carbons (Fsp3) is 0.935. The third-order valence-electron chi connectivity index (χ3n) is 10.7. The molecule has 0 aromatic rings. The first kappa shape index (κ1) is 50.4.